The summed E-state index contributed by atoms with van der Waals surface area (Å²) in [5.74, 6) is 0. The second-order valence-electron chi connectivity index (χ2n) is 5.51. The summed E-state index contributed by atoms with van der Waals surface area (Å²) < 4.78 is 0. The quantitative estimate of drug-likeness (QED) is 0.868. The molecule has 1 unspecified atom stereocenters. The van der Waals surface area contributed by atoms with E-state index in [2.05, 4.69) is 11.0 Å². The van der Waals surface area contributed by atoms with Gasteiger partial charge in [0.15, 0.2) is 0 Å². The zero-order chi connectivity index (χ0) is 14.2. The summed E-state index contributed by atoms with van der Waals surface area (Å²) in [6.45, 7) is 1.54. The molecule has 0 aromatic heterocycles. The number of aliphatic hydroxyl groups is 1. The van der Waals surface area contributed by atoms with Crippen LogP contribution in [-0.2, 0) is 12.0 Å². The molecule has 0 amide bonds. The summed E-state index contributed by atoms with van der Waals surface area (Å²) in [6, 6.07) is 15.7. The van der Waals surface area contributed by atoms with Crippen LogP contribution in [0, 0.1) is 0 Å². The van der Waals surface area contributed by atoms with Gasteiger partial charge in [-0.1, -0.05) is 48.0 Å². The molecule has 3 rings (SSSR count). The zero-order valence-electron chi connectivity index (χ0n) is 11.9. The van der Waals surface area contributed by atoms with Crippen LogP contribution in [0.1, 0.15) is 16.7 Å². The minimum absolute atomic E-state index is 0. The Morgan fingerprint density at radius 3 is 2.48 bits per heavy atom. The maximum absolute atomic E-state index is 11.4. The van der Waals surface area contributed by atoms with Crippen molar-refractivity contribution in [1.82, 2.24) is 4.90 Å². The Hall–Kier alpha value is -1.06. The monoisotopic (exact) mass is 323 g/mol. The predicted molar refractivity (Wildman–Crippen MR) is 89.3 cm³/mol. The van der Waals surface area contributed by atoms with Gasteiger partial charge < -0.3 is 10.0 Å². The number of halogens is 2. The molecule has 2 aromatic rings. The molecule has 0 saturated heterocycles. The number of rotatable bonds is 1. The van der Waals surface area contributed by atoms with Gasteiger partial charge in [0, 0.05) is 18.1 Å². The molecule has 0 fully saturated rings. The lowest BCUT2D eigenvalue weighted by Crippen LogP contribution is -2.39. The topological polar surface area (TPSA) is 23.5 Å². The summed E-state index contributed by atoms with van der Waals surface area (Å²) in [5, 5.41) is 12.0. The van der Waals surface area contributed by atoms with Gasteiger partial charge in [-0.3, -0.25) is 0 Å². The van der Waals surface area contributed by atoms with Crippen LogP contribution in [0.2, 0.25) is 5.02 Å². The largest absolute Gasteiger partial charge is 0.379 e. The Kier molecular flexibility index (Phi) is 4.95. The van der Waals surface area contributed by atoms with Crippen LogP contribution in [0.5, 0.6) is 0 Å². The molecule has 2 nitrogen and oxygen atoms in total. The van der Waals surface area contributed by atoms with Gasteiger partial charge in [-0.2, -0.15) is 0 Å². The van der Waals surface area contributed by atoms with Crippen molar-refractivity contribution in [1.29, 1.82) is 0 Å². The van der Waals surface area contributed by atoms with Gasteiger partial charge in [0.25, 0.3) is 0 Å². The van der Waals surface area contributed by atoms with Crippen molar-refractivity contribution in [2.45, 2.75) is 12.0 Å². The second-order valence-corrected chi connectivity index (χ2v) is 5.95. The maximum Gasteiger partial charge on any atom is 0.127 e. The first kappa shape index (κ1) is 16.3. The fourth-order valence-corrected chi connectivity index (χ4v) is 3.11. The summed E-state index contributed by atoms with van der Waals surface area (Å²) in [7, 11) is 2.05. The third kappa shape index (κ3) is 3.09. The molecule has 0 spiro atoms. The van der Waals surface area contributed by atoms with Gasteiger partial charge in [-0.05, 0) is 42.3 Å². The molecule has 0 bridgehead atoms. The van der Waals surface area contributed by atoms with Crippen molar-refractivity contribution in [3.8, 4) is 0 Å². The zero-order valence-corrected chi connectivity index (χ0v) is 13.5. The van der Waals surface area contributed by atoms with E-state index in [1.54, 1.807) is 0 Å². The van der Waals surface area contributed by atoms with Gasteiger partial charge in [0.1, 0.15) is 5.60 Å². The van der Waals surface area contributed by atoms with E-state index in [0.29, 0.717) is 11.6 Å². The third-order valence-corrected chi connectivity index (χ3v) is 4.30. The fourth-order valence-electron chi connectivity index (χ4n) is 2.98. The summed E-state index contributed by atoms with van der Waals surface area (Å²) in [4.78, 5) is 2.18. The lowest BCUT2D eigenvalue weighted by atomic mass is 9.83. The predicted octanol–water partition coefficient (Wildman–Crippen LogP) is 3.49. The van der Waals surface area contributed by atoms with E-state index in [1.165, 1.54) is 5.56 Å². The Bertz CT molecular complexity index is 614. The van der Waals surface area contributed by atoms with E-state index in [-0.39, 0.29) is 12.4 Å². The average molecular weight is 324 g/mol. The van der Waals surface area contributed by atoms with Crippen LogP contribution in [0.4, 0.5) is 0 Å². The third-order valence-electron chi connectivity index (χ3n) is 4.05. The van der Waals surface area contributed by atoms with Gasteiger partial charge >= 0.3 is 0 Å². The van der Waals surface area contributed by atoms with E-state index >= 15 is 0 Å². The Morgan fingerprint density at radius 1 is 1.10 bits per heavy atom. The molecule has 2 aromatic carbocycles. The molecule has 21 heavy (non-hydrogen) atoms. The minimum atomic E-state index is -0.980. The average Bonchev–Trinajstić information content (AvgIpc) is 2.58. The van der Waals surface area contributed by atoms with E-state index in [9.17, 15) is 5.11 Å². The summed E-state index contributed by atoms with van der Waals surface area (Å²) in [5.41, 5.74) is 2.14. The van der Waals surface area contributed by atoms with Crippen molar-refractivity contribution >= 4 is 24.0 Å². The number of hydrogen-bond acceptors (Lipinski definition) is 2. The van der Waals surface area contributed by atoms with Crippen molar-refractivity contribution in [3.63, 3.8) is 0 Å². The second kappa shape index (κ2) is 6.37. The van der Waals surface area contributed by atoms with E-state index < -0.39 is 5.60 Å². The lowest BCUT2D eigenvalue weighted by Gasteiger charge is -2.32. The maximum atomic E-state index is 11.4. The molecule has 0 radical (unpaired) electrons. The van der Waals surface area contributed by atoms with Crippen LogP contribution in [-0.4, -0.2) is 30.1 Å². The molecule has 1 atom stereocenters. The molecule has 0 aliphatic carbocycles. The van der Waals surface area contributed by atoms with E-state index in [4.69, 9.17) is 11.6 Å². The van der Waals surface area contributed by atoms with Gasteiger partial charge in [0.05, 0.1) is 0 Å². The van der Waals surface area contributed by atoms with Crippen LogP contribution >= 0.6 is 24.0 Å². The molecule has 4 heteroatoms. The van der Waals surface area contributed by atoms with Gasteiger partial charge in [-0.15, -0.1) is 12.4 Å². The number of benzene rings is 2. The smallest absolute Gasteiger partial charge is 0.127 e. The van der Waals surface area contributed by atoms with Crippen LogP contribution in [0.3, 0.4) is 0 Å². The number of hydrogen-bond donors (Lipinski definition) is 1. The number of β-amino-alcohol motifs (C(OH)–C–C–N with tert-alkyl or cyclic N) is 1. The first-order valence-corrected chi connectivity index (χ1v) is 7.23. The molecule has 1 aliphatic heterocycles. The Labute approximate surface area is 136 Å². The minimum Gasteiger partial charge on any atom is -0.379 e. The Morgan fingerprint density at radius 2 is 1.76 bits per heavy atom. The molecular weight excluding hydrogens is 305 g/mol. The van der Waals surface area contributed by atoms with Crippen molar-refractivity contribution in [2.75, 3.05) is 20.1 Å². The highest BCUT2D eigenvalue weighted by Gasteiger charge is 2.36. The van der Waals surface area contributed by atoms with E-state index in [0.717, 1.165) is 24.1 Å². The first-order valence-electron chi connectivity index (χ1n) is 6.85. The summed E-state index contributed by atoms with van der Waals surface area (Å²) >= 11 is 5.97. The van der Waals surface area contributed by atoms with E-state index in [1.807, 2.05) is 49.5 Å². The number of nitrogens with zero attached hydrogens (tertiary/aromatic N) is 1. The molecule has 1 heterocycles. The summed E-state index contributed by atoms with van der Waals surface area (Å²) in [6.07, 6.45) is 0.961. The molecule has 0 saturated carbocycles. The first-order chi connectivity index (χ1) is 9.59. The number of likely N-dealkylation sites (N-methyl/N-ethyl adjacent to an activating group) is 1. The number of fused-ring (bicyclic) bond motifs is 1. The molecule has 1 aliphatic rings. The van der Waals surface area contributed by atoms with Crippen molar-refractivity contribution in [3.05, 3.63) is 70.2 Å². The van der Waals surface area contributed by atoms with Crippen LogP contribution in [0.25, 0.3) is 0 Å². The highest BCUT2D eigenvalue weighted by Crippen LogP contribution is 2.35. The normalized spacial score (nSPS) is 22.0. The molecule has 112 valence electrons. The van der Waals surface area contributed by atoms with Gasteiger partial charge in [0.2, 0.25) is 0 Å². The van der Waals surface area contributed by atoms with Crippen molar-refractivity contribution in [2.24, 2.45) is 0 Å². The Balaban J connectivity index is 0.00000161. The van der Waals surface area contributed by atoms with Crippen molar-refractivity contribution < 1.29 is 5.11 Å². The molecular formula is C17H19Cl2NO. The van der Waals surface area contributed by atoms with Crippen LogP contribution < -0.4 is 0 Å². The lowest BCUT2D eigenvalue weighted by molar-refractivity contribution is 0.0492. The standard InChI is InChI=1S/C17H18ClNO.ClH/c1-19-11-10-13-4-2-3-5-16(13)17(20,12-19)14-6-8-15(18)9-7-14;/h2-9,20H,10-12H2,1H3;1H. The van der Waals surface area contributed by atoms with Crippen LogP contribution in [0.15, 0.2) is 48.5 Å². The molecule has 1 N–H and O–H groups in total. The van der Waals surface area contributed by atoms with Gasteiger partial charge in [-0.25, -0.2) is 0 Å². The SMILES string of the molecule is CN1CCc2ccccc2C(O)(c2ccc(Cl)cc2)C1.Cl. The highest BCUT2D eigenvalue weighted by molar-refractivity contribution is 6.30. The fraction of sp³-hybridized carbons (Fsp3) is 0.294. The highest BCUT2D eigenvalue weighted by atomic mass is 35.5.